The van der Waals surface area contributed by atoms with Gasteiger partial charge in [-0.3, -0.25) is 19.5 Å². The van der Waals surface area contributed by atoms with Gasteiger partial charge in [0.05, 0.1) is 23.4 Å². The quantitative estimate of drug-likeness (QED) is 0.640. The number of aromatic nitrogens is 2. The molecule has 2 N–H and O–H groups in total. The number of benzene rings is 2. The van der Waals surface area contributed by atoms with Crippen LogP contribution in [0.3, 0.4) is 0 Å². The molecule has 30 heavy (non-hydrogen) atoms. The van der Waals surface area contributed by atoms with Crippen molar-refractivity contribution in [2.75, 3.05) is 0 Å². The molecule has 10 heteroatoms. The zero-order valence-corrected chi connectivity index (χ0v) is 15.8. The minimum atomic E-state index is -4.77. The van der Waals surface area contributed by atoms with Gasteiger partial charge in [0.1, 0.15) is 5.75 Å². The summed E-state index contributed by atoms with van der Waals surface area (Å²) in [6, 6.07) is 11.0. The van der Waals surface area contributed by atoms with Crippen molar-refractivity contribution in [3.63, 3.8) is 0 Å². The lowest BCUT2D eigenvalue weighted by atomic mass is 10.1. The molecule has 3 rings (SSSR count). The van der Waals surface area contributed by atoms with Gasteiger partial charge in [-0.2, -0.15) is 0 Å². The highest BCUT2D eigenvalue weighted by molar-refractivity contribution is 5.80. The molecule has 0 fully saturated rings. The van der Waals surface area contributed by atoms with Crippen LogP contribution in [0.5, 0.6) is 5.75 Å². The molecular formula is C20H18F3N3O4. The Kier molecular flexibility index (Phi) is 5.95. The Labute approximate surface area is 168 Å². The van der Waals surface area contributed by atoms with Crippen LogP contribution in [0.15, 0.2) is 58.1 Å². The highest BCUT2D eigenvalue weighted by Crippen LogP contribution is 2.24. The minimum Gasteiger partial charge on any atom is -0.406 e. The third kappa shape index (κ3) is 5.07. The Hall–Kier alpha value is -3.56. The number of aryl methyl sites for hydroxylation is 1. The van der Waals surface area contributed by atoms with Crippen molar-refractivity contribution >= 4 is 16.7 Å². The second-order valence-corrected chi connectivity index (χ2v) is 6.60. The summed E-state index contributed by atoms with van der Waals surface area (Å²) < 4.78 is 41.5. The molecule has 0 aliphatic carbocycles. The smallest absolute Gasteiger partial charge is 0.406 e. The summed E-state index contributed by atoms with van der Waals surface area (Å²) in [5, 5.41) is 5.68. The second-order valence-electron chi connectivity index (χ2n) is 6.60. The number of rotatable bonds is 6. The van der Waals surface area contributed by atoms with Gasteiger partial charge in [0, 0.05) is 6.42 Å². The number of ether oxygens (including phenoxy) is 1. The number of carbonyl (C=O) groups excluding carboxylic acids is 1. The van der Waals surface area contributed by atoms with Gasteiger partial charge >= 0.3 is 6.36 Å². The van der Waals surface area contributed by atoms with Gasteiger partial charge in [-0.05, 0) is 36.8 Å². The molecule has 1 unspecified atom stereocenters. The van der Waals surface area contributed by atoms with Crippen molar-refractivity contribution in [3.8, 4) is 5.75 Å². The molecule has 7 nitrogen and oxygen atoms in total. The average molecular weight is 421 g/mol. The number of H-pyrrole nitrogens is 1. The van der Waals surface area contributed by atoms with E-state index in [0.717, 1.165) is 16.8 Å². The third-order valence-corrected chi connectivity index (χ3v) is 4.44. The van der Waals surface area contributed by atoms with E-state index in [2.05, 4.69) is 15.2 Å². The topological polar surface area (TPSA) is 93.2 Å². The first-order valence-electron chi connectivity index (χ1n) is 9.01. The first kappa shape index (κ1) is 21.2. The number of nitrogens with zero attached hydrogens (tertiary/aromatic N) is 1. The monoisotopic (exact) mass is 421 g/mol. The predicted molar refractivity (Wildman–Crippen MR) is 103 cm³/mol. The lowest BCUT2D eigenvalue weighted by molar-refractivity contribution is -0.274. The predicted octanol–water partition coefficient (Wildman–Crippen LogP) is 2.86. The van der Waals surface area contributed by atoms with E-state index in [1.165, 1.54) is 18.2 Å². The van der Waals surface area contributed by atoms with Gasteiger partial charge in [-0.15, -0.1) is 13.2 Å². The molecule has 0 aliphatic rings. The van der Waals surface area contributed by atoms with Gasteiger partial charge in [0.15, 0.2) is 0 Å². The average Bonchev–Trinajstić information content (AvgIpc) is 2.69. The molecule has 2 aromatic carbocycles. The zero-order chi connectivity index (χ0) is 21.9. The van der Waals surface area contributed by atoms with E-state index in [-0.39, 0.29) is 35.4 Å². The fourth-order valence-electron chi connectivity index (χ4n) is 2.97. The highest BCUT2D eigenvalue weighted by Gasteiger charge is 2.31. The molecule has 0 saturated heterocycles. The zero-order valence-electron chi connectivity index (χ0n) is 15.8. The number of halogens is 3. The summed E-state index contributed by atoms with van der Waals surface area (Å²) in [4.78, 5) is 36.7. The van der Waals surface area contributed by atoms with E-state index in [0.29, 0.717) is 5.56 Å². The lowest BCUT2D eigenvalue weighted by Gasteiger charge is -2.16. The van der Waals surface area contributed by atoms with Gasteiger partial charge in [-0.1, -0.05) is 24.3 Å². The van der Waals surface area contributed by atoms with Crippen LogP contribution in [0, 0.1) is 0 Å². The van der Waals surface area contributed by atoms with Crippen LogP contribution in [-0.4, -0.2) is 22.1 Å². The maximum Gasteiger partial charge on any atom is 0.573 e. The van der Waals surface area contributed by atoms with Crippen LogP contribution in [0.1, 0.15) is 24.9 Å². The van der Waals surface area contributed by atoms with Gasteiger partial charge in [-0.25, -0.2) is 4.68 Å². The van der Waals surface area contributed by atoms with Crippen molar-refractivity contribution in [2.24, 2.45) is 0 Å². The van der Waals surface area contributed by atoms with Crippen LogP contribution >= 0.6 is 0 Å². The fourth-order valence-corrected chi connectivity index (χ4v) is 2.97. The molecule has 0 radical (unpaired) electrons. The lowest BCUT2D eigenvalue weighted by Crippen LogP contribution is -2.33. The number of nitrogens with one attached hydrogen (secondary N) is 2. The summed E-state index contributed by atoms with van der Waals surface area (Å²) >= 11 is 0. The van der Waals surface area contributed by atoms with Crippen molar-refractivity contribution in [1.82, 2.24) is 15.1 Å². The normalized spacial score (nSPS) is 12.5. The van der Waals surface area contributed by atoms with Crippen LogP contribution < -0.4 is 21.2 Å². The van der Waals surface area contributed by atoms with Gasteiger partial charge < -0.3 is 10.1 Å². The van der Waals surface area contributed by atoms with Crippen LogP contribution in [0.25, 0.3) is 10.8 Å². The minimum absolute atomic E-state index is 0.0319. The number of carbonyl (C=O) groups is 1. The van der Waals surface area contributed by atoms with E-state index < -0.39 is 23.5 Å². The van der Waals surface area contributed by atoms with Crippen molar-refractivity contribution < 1.29 is 22.7 Å². The van der Waals surface area contributed by atoms with Crippen LogP contribution in [-0.2, 0) is 11.3 Å². The summed E-state index contributed by atoms with van der Waals surface area (Å²) in [5.41, 5.74) is -0.263. The summed E-state index contributed by atoms with van der Waals surface area (Å²) in [6.45, 7) is 1.64. The molecule has 1 heterocycles. The Morgan fingerprint density at radius 3 is 2.37 bits per heavy atom. The maximum absolute atomic E-state index is 12.4. The number of alkyl halides is 3. The first-order valence-corrected chi connectivity index (χ1v) is 9.01. The molecule has 158 valence electrons. The SMILES string of the molecule is CC(NC(=O)CCn1[nH]c(=O)c2ccccc2c1=O)c1ccc(OC(F)(F)F)cc1. The molecule has 1 atom stereocenters. The molecular weight excluding hydrogens is 403 g/mol. The molecule has 1 amide bonds. The van der Waals surface area contributed by atoms with E-state index in [1.54, 1.807) is 25.1 Å². The highest BCUT2D eigenvalue weighted by atomic mass is 19.4. The summed E-state index contributed by atoms with van der Waals surface area (Å²) in [7, 11) is 0. The van der Waals surface area contributed by atoms with Crippen molar-refractivity contribution in [1.29, 1.82) is 0 Å². The molecule has 0 spiro atoms. The summed E-state index contributed by atoms with van der Waals surface area (Å²) in [6.07, 6.45) is -4.85. The molecule has 3 aromatic rings. The second kappa shape index (κ2) is 8.44. The third-order valence-electron chi connectivity index (χ3n) is 4.44. The van der Waals surface area contributed by atoms with Crippen molar-refractivity contribution in [3.05, 3.63) is 74.8 Å². The molecule has 0 bridgehead atoms. The Morgan fingerprint density at radius 1 is 1.10 bits per heavy atom. The number of fused-ring (bicyclic) bond motifs is 1. The first-order chi connectivity index (χ1) is 14.1. The van der Waals surface area contributed by atoms with Crippen LogP contribution in [0.2, 0.25) is 0 Å². The largest absolute Gasteiger partial charge is 0.573 e. The number of amides is 1. The van der Waals surface area contributed by atoms with Gasteiger partial charge in [0.25, 0.3) is 11.1 Å². The molecule has 1 aromatic heterocycles. The van der Waals surface area contributed by atoms with E-state index in [9.17, 15) is 27.6 Å². The maximum atomic E-state index is 12.4. The standard InChI is InChI=1S/C20H18F3N3O4/c1-12(13-6-8-14(9-7-13)30-20(21,22)23)24-17(27)10-11-26-19(29)16-5-3-2-4-15(16)18(28)25-26/h2-9,12H,10-11H2,1H3,(H,24,27)(H,25,28). The van der Waals surface area contributed by atoms with E-state index in [1.807, 2.05) is 0 Å². The van der Waals surface area contributed by atoms with Crippen LogP contribution in [0.4, 0.5) is 13.2 Å². The van der Waals surface area contributed by atoms with Crippen molar-refractivity contribution in [2.45, 2.75) is 32.3 Å². The molecule has 0 saturated carbocycles. The number of hydrogen-bond acceptors (Lipinski definition) is 4. The number of hydrogen-bond donors (Lipinski definition) is 2. The Bertz CT molecular complexity index is 1170. The number of aromatic amines is 1. The summed E-state index contributed by atoms with van der Waals surface area (Å²) in [5.74, 6) is -0.747. The molecule has 0 aliphatic heterocycles. The fraction of sp³-hybridized carbons (Fsp3) is 0.250. The van der Waals surface area contributed by atoms with Gasteiger partial charge in [0.2, 0.25) is 5.91 Å². The Morgan fingerprint density at radius 2 is 1.73 bits per heavy atom. The Balaban J connectivity index is 1.62. The van der Waals surface area contributed by atoms with E-state index >= 15 is 0 Å². The van der Waals surface area contributed by atoms with E-state index in [4.69, 9.17) is 0 Å².